The molecule has 0 spiro atoms. The minimum atomic E-state index is -0.229. The third-order valence-corrected chi connectivity index (χ3v) is 4.58. The summed E-state index contributed by atoms with van der Waals surface area (Å²) in [6.07, 6.45) is 1.46. The summed E-state index contributed by atoms with van der Waals surface area (Å²) < 4.78 is 5.10. The first-order valence-electron chi connectivity index (χ1n) is 6.88. The van der Waals surface area contributed by atoms with E-state index < -0.39 is 0 Å². The lowest BCUT2D eigenvalue weighted by atomic mass is 10.2. The fourth-order valence-corrected chi connectivity index (χ4v) is 3.23. The van der Waals surface area contributed by atoms with Crippen LogP contribution in [0.3, 0.4) is 0 Å². The molecule has 1 aliphatic heterocycles. The quantitative estimate of drug-likeness (QED) is 0.892. The summed E-state index contributed by atoms with van der Waals surface area (Å²) in [4.78, 5) is 42.0. The predicted octanol–water partition coefficient (Wildman–Crippen LogP) is 0.936. The summed E-state index contributed by atoms with van der Waals surface area (Å²) in [6.45, 7) is 3.49. The lowest BCUT2D eigenvalue weighted by Crippen LogP contribution is -2.50. The molecule has 0 aliphatic carbocycles. The first-order chi connectivity index (χ1) is 10.6. The molecule has 2 amide bonds. The molecule has 7 nitrogen and oxygen atoms in total. The Balaban J connectivity index is 1.64. The zero-order chi connectivity index (χ0) is 15.7. The van der Waals surface area contributed by atoms with Crippen molar-refractivity contribution in [3.63, 3.8) is 0 Å². The van der Waals surface area contributed by atoms with Gasteiger partial charge >= 0.3 is 4.87 Å². The molecule has 1 fully saturated rings. The van der Waals surface area contributed by atoms with Gasteiger partial charge in [-0.1, -0.05) is 11.3 Å². The molecule has 0 radical (unpaired) electrons. The number of H-pyrrole nitrogens is 1. The van der Waals surface area contributed by atoms with E-state index in [1.807, 2.05) is 0 Å². The molecule has 1 aliphatic rings. The smallest absolute Gasteiger partial charge is 0.305 e. The highest BCUT2D eigenvalue weighted by Crippen LogP contribution is 2.15. The van der Waals surface area contributed by atoms with Gasteiger partial charge in [-0.2, -0.15) is 0 Å². The monoisotopic (exact) mass is 321 g/mol. The molecule has 8 heteroatoms. The molecule has 0 saturated carbocycles. The van der Waals surface area contributed by atoms with E-state index in [1.165, 1.54) is 6.26 Å². The number of rotatable bonds is 2. The van der Waals surface area contributed by atoms with E-state index in [0.717, 1.165) is 11.3 Å². The van der Waals surface area contributed by atoms with Gasteiger partial charge in [-0.15, -0.1) is 0 Å². The maximum Gasteiger partial charge on any atom is 0.305 e. The Kier molecular flexibility index (Phi) is 3.84. The van der Waals surface area contributed by atoms with Gasteiger partial charge in [0.1, 0.15) is 4.88 Å². The van der Waals surface area contributed by atoms with Crippen molar-refractivity contribution >= 4 is 23.2 Å². The summed E-state index contributed by atoms with van der Waals surface area (Å²) in [6, 6.07) is 3.30. The zero-order valence-electron chi connectivity index (χ0n) is 12.0. The van der Waals surface area contributed by atoms with E-state index in [2.05, 4.69) is 4.98 Å². The number of aromatic nitrogens is 1. The molecule has 3 heterocycles. The fraction of sp³-hybridized carbons (Fsp3) is 0.357. The van der Waals surface area contributed by atoms with E-state index in [0.29, 0.717) is 42.5 Å². The lowest BCUT2D eigenvalue weighted by Gasteiger charge is -2.34. The van der Waals surface area contributed by atoms with Gasteiger partial charge in [-0.05, 0) is 19.1 Å². The van der Waals surface area contributed by atoms with Crippen LogP contribution < -0.4 is 4.87 Å². The minimum Gasteiger partial charge on any atom is -0.459 e. The Hall–Kier alpha value is -2.35. The maximum atomic E-state index is 12.4. The molecule has 0 bridgehead atoms. The topological polar surface area (TPSA) is 86.6 Å². The summed E-state index contributed by atoms with van der Waals surface area (Å²) in [5.74, 6) is -0.0231. The first-order valence-corrected chi connectivity index (χ1v) is 7.69. The molecule has 1 saturated heterocycles. The predicted molar refractivity (Wildman–Crippen MR) is 80.2 cm³/mol. The highest BCUT2D eigenvalue weighted by atomic mass is 32.1. The van der Waals surface area contributed by atoms with Crippen molar-refractivity contribution in [3.8, 4) is 0 Å². The zero-order valence-corrected chi connectivity index (χ0v) is 12.8. The number of carbonyl (C=O) groups excluding carboxylic acids is 2. The molecule has 0 unspecified atom stereocenters. The normalized spacial score (nSPS) is 15.1. The SMILES string of the molecule is Cc1[nH]c(=O)sc1C(=O)N1CCN(C(=O)c2ccco2)CC1. The van der Waals surface area contributed by atoms with Crippen LogP contribution in [0, 0.1) is 6.92 Å². The van der Waals surface area contributed by atoms with Gasteiger partial charge in [-0.3, -0.25) is 14.4 Å². The summed E-state index contributed by atoms with van der Waals surface area (Å²) in [5.41, 5.74) is 0.592. The van der Waals surface area contributed by atoms with Crippen LogP contribution in [0.2, 0.25) is 0 Å². The van der Waals surface area contributed by atoms with Gasteiger partial charge < -0.3 is 19.2 Å². The summed E-state index contributed by atoms with van der Waals surface area (Å²) in [7, 11) is 0. The molecule has 116 valence electrons. The second-order valence-electron chi connectivity index (χ2n) is 5.03. The van der Waals surface area contributed by atoms with Gasteiger partial charge in [0.15, 0.2) is 5.76 Å². The Morgan fingerprint density at radius 3 is 2.32 bits per heavy atom. The fourth-order valence-electron chi connectivity index (χ4n) is 2.42. The molecule has 3 rings (SSSR count). The average Bonchev–Trinajstić information content (AvgIpc) is 3.15. The summed E-state index contributed by atoms with van der Waals surface area (Å²) in [5, 5.41) is 0. The van der Waals surface area contributed by atoms with Gasteiger partial charge in [0.05, 0.1) is 6.26 Å². The van der Waals surface area contributed by atoms with Crippen molar-refractivity contribution in [1.29, 1.82) is 0 Å². The van der Waals surface area contributed by atoms with Crippen LogP contribution in [0.15, 0.2) is 27.6 Å². The Bertz CT molecular complexity index is 738. The van der Waals surface area contributed by atoms with Gasteiger partial charge in [0, 0.05) is 31.9 Å². The van der Waals surface area contributed by atoms with Crippen molar-refractivity contribution in [2.75, 3.05) is 26.2 Å². The van der Waals surface area contributed by atoms with Crippen LogP contribution >= 0.6 is 11.3 Å². The molecule has 0 atom stereocenters. The van der Waals surface area contributed by atoms with Crippen LogP contribution in [0.5, 0.6) is 0 Å². The number of aromatic amines is 1. The van der Waals surface area contributed by atoms with Crippen molar-refractivity contribution in [2.45, 2.75) is 6.92 Å². The number of carbonyl (C=O) groups is 2. The number of piperazine rings is 1. The number of aryl methyl sites for hydroxylation is 1. The molecular weight excluding hydrogens is 306 g/mol. The number of thiazole rings is 1. The largest absolute Gasteiger partial charge is 0.459 e. The van der Waals surface area contributed by atoms with E-state index in [-0.39, 0.29) is 16.7 Å². The maximum absolute atomic E-state index is 12.4. The molecule has 0 aromatic carbocycles. The lowest BCUT2D eigenvalue weighted by molar-refractivity contribution is 0.0520. The Morgan fingerprint density at radius 2 is 1.82 bits per heavy atom. The third-order valence-electron chi connectivity index (χ3n) is 3.61. The highest BCUT2D eigenvalue weighted by molar-refractivity contribution is 7.11. The highest BCUT2D eigenvalue weighted by Gasteiger charge is 2.28. The van der Waals surface area contributed by atoms with Crippen molar-refractivity contribution in [3.05, 3.63) is 44.4 Å². The molecule has 2 aromatic heterocycles. The van der Waals surface area contributed by atoms with Crippen LogP contribution in [-0.4, -0.2) is 52.8 Å². The number of hydrogen-bond donors (Lipinski definition) is 1. The Labute approximate surface area is 130 Å². The summed E-state index contributed by atoms with van der Waals surface area (Å²) >= 11 is 0.923. The van der Waals surface area contributed by atoms with Gasteiger partial charge in [-0.25, -0.2) is 0 Å². The number of amides is 2. The van der Waals surface area contributed by atoms with E-state index in [1.54, 1.807) is 28.9 Å². The van der Waals surface area contributed by atoms with Crippen LogP contribution in [0.4, 0.5) is 0 Å². The first kappa shape index (κ1) is 14.6. The Morgan fingerprint density at radius 1 is 1.18 bits per heavy atom. The number of nitrogens with one attached hydrogen (secondary N) is 1. The second-order valence-corrected chi connectivity index (χ2v) is 6.01. The third kappa shape index (κ3) is 2.69. The van der Waals surface area contributed by atoms with Crippen molar-refractivity contribution in [2.24, 2.45) is 0 Å². The minimum absolute atomic E-state index is 0.161. The standard InChI is InChI=1S/C14H15N3O4S/c1-9-11(22-14(20)15-9)13(19)17-6-4-16(5-7-17)12(18)10-3-2-8-21-10/h2-3,8H,4-7H2,1H3,(H,15,20). The van der Waals surface area contributed by atoms with Crippen LogP contribution in [0.25, 0.3) is 0 Å². The number of nitrogens with zero attached hydrogens (tertiary/aromatic N) is 2. The molecule has 1 N–H and O–H groups in total. The van der Waals surface area contributed by atoms with Crippen LogP contribution in [-0.2, 0) is 0 Å². The van der Waals surface area contributed by atoms with Gasteiger partial charge in [0.25, 0.3) is 11.8 Å². The van der Waals surface area contributed by atoms with Crippen LogP contribution in [0.1, 0.15) is 25.9 Å². The average molecular weight is 321 g/mol. The van der Waals surface area contributed by atoms with Gasteiger partial charge in [0.2, 0.25) is 0 Å². The van der Waals surface area contributed by atoms with Crippen molar-refractivity contribution in [1.82, 2.24) is 14.8 Å². The number of furan rings is 1. The molecule has 22 heavy (non-hydrogen) atoms. The van der Waals surface area contributed by atoms with E-state index in [4.69, 9.17) is 4.42 Å². The number of hydrogen-bond acceptors (Lipinski definition) is 5. The van der Waals surface area contributed by atoms with Crippen molar-refractivity contribution < 1.29 is 14.0 Å². The second kappa shape index (κ2) is 5.80. The molecular formula is C14H15N3O4S. The van der Waals surface area contributed by atoms with E-state index >= 15 is 0 Å². The van der Waals surface area contributed by atoms with E-state index in [9.17, 15) is 14.4 Å². The molecule has 2 aromatic rings.